The van der Waals surface area contributed by atoms with Crippen molar-refractivity contribution in [2.45, 2.75) is 0 Å². The molecule has 5 rings (SSSR count). The van der Waals surface area contributed by atoms with E-state index in [-0.39, 0.29) is 39.9 Å². The number of allylic oxidation sites excluding steroid dienone is 1. The number of aromatic hydroxyl groups is 1. The second-order valence-corrected chi connectivity index (χ2v) is 8.26. The van der Waals surface area contributed by atoms with Crippen LogP contribution < -0.4 is 5.32 Å². The van der Waals surface area contributed by atoms with Gasteiger partial charge in [0.1, 0.15) is 5.75 Å². The van der Waals surface area contributed by atoms with Crippen molar-refractivity contribution in [2.75, 3.05) is 5.32 Å². The van der Waals surface area contributed by atoms with Crippen molar-refractivity contribution in [1.29, 1.82) is 0 Å². The Bertz CT molecular complexity index is 1580. The van der Waals surface area contributed by atoms with E-state index >= 15 is 0 Å². The maximum absolute atomic E-state index is 13.1. The fourth-order valence-corrected chi connectivity index (χ4v) is 4.14. The normalized spacial score (nSPS) is 12.2. The van der Waals surface area contributed by atoms with E-state index in [2.05, 4.69) is 5.32 Å². The Balaban J connectivity index is 1.35. The van der Waals surface area contributed by atoms with Gasteiger partial charge in [0.2, 0.25) is 0 Å². The van der Waals surface area contributed by atoms with Crippen LogP contribution in [-0.4, -0.2) is 28.4 Å². The molecule has 174 valence electrons. The largest absolute Gasteiger partial charge is 0.508 e. The summed E-state index contributed by atoms with van der Waals surface area (Å²) < 4.78 is 0. The topological polar surface area (TPSA) is 101 Å². The molecule has 0 unspecified atom stereocenters. The molecule has 6 heteroatoms. The van der Waals surface area contributed by atoms with E-state index in [0.717, 1.165) is 0 Å². The van der Waals surface area contributed by atoms with Crippen LogP contribution in [0.3, 0.4) is 0 Å². The number of fused-ring (bicyclic) bond motifs is 2. The summed E-state index contributed by atoms with van der Waals surface area (Å²) in [6, 6.07) is 24.1. The zero-order valence-corrected chi connectivity index (χ0v) is 18.9. The number of carbonyl (C=O) groups is 4. The molecule has 1 amide bonds. The van der Waals surface area contributed by atoms with Crippen LogP contribution in [0.5, 0.6) is 5.75 Å². The summed E-state index contributed by atoms with van der Waals surface area (Å²) in [6.45, 7) is 0. The predicted molar refractivity (Wildman–Crippen MR) is 136 cm³/mol. The van der Waals surface area contributed by atoms with Gasteiger partial charge in [0, 0.05) is 45.1 Å². The molecule has 0 saturated heterocycles. The third-order valence-corrected chi connectivity index (χ3v) is 5.92. The highest BCUT2D eigenvalue weighted by Crippen LogP contribution is 2.30. The third-order valence-electron chi connectivity index (χ3n) is 5.92. The minimum Gasteiger partial charge on any atom is -0.508 e. The van der Waals surface area contributed by atoms with Crippen molar-refractivity contribution in [3.63, 3.8) is 0 Å². The summed E-state index contributed by atoms with van der Waals surface area (Å²) in [5.74, 6) is -1.32. The zero-order chi connectivity index (χ0) is 25.2. The molecule has 0 aromatic heterocycles. The Kier molecular flexibility index (Phi) is 5.84. The highest BCUT2D eigenvalue weighted by molar-refractivity contribution is 6.31. The fourth-order valence-electron chi connectivity index (χ4n) is 4.14. The van der Waals surface area contributed by atoms with Crippen LogP contribution >= 0.6 is 0 Å². The molecule has 0 atom stereocenters. The Labute approximate surface area is 206 Å². The zero-order valence-electron chi connectivity index (χ0n) is 18.9. The molecule has 1 aliphatic carbocycles. The first-order chi connectivity index (χ1) is 17.4. The summed E-state index contributed by atoms with van der Waals surface area (Å²) >= 11 is 0. The summed E-state index contributed by atoms with van der Waals surface area (Å²) in [5, 5.41) is 12.2. The minimum absolute atomic E-state index is 0.0490. The average molecular weight is 473 g/mol. The number of phenols is 1. The van der Waals surface area contributed by atoms with Gasteiger partial charge >= 0.3 is 0 Å². The molecule has 0 fully saturated rings. The highest BCUT2D eigenvalue weighted by Gasteiger charge is 2.32. The molecular weight excluding hydrogens is 454 g/mol. The SMILES string of the molecule is O=C(Nc1cccc(O)c1)c1ccc(/C=C/C(=O)c2cccc3c2C(=O)c2ccccc2C3=O)cc1. The number of amides is 1. The third kappa shape index (κ3) is 4.23. The van der Waals surface area contributed by atoms with E-state index in [1.165, 1.54) is 18.2 Å². The molecule has 0 bridgehead atoms. The van der Waals surface area contributed by atoms with Gasteiger partial charge in [0.25, 0.3) is 5.91 Å². The van der Waals surface area contributed by atoms with Gasteiger partial charge in [0.05, 0.1) is 0 Å². The molecule has 36 heavy (non-hydrogen) atoms. The van der Waals surface area contributed by atoms with Crippen molar-refractivity contribution in [3.8, 4) is 5.75 Å². The minimum atomic E-state index is -0.405. The van der Waals surface area contributed by atoms with Gasteiger partial charge in [-0.3, -0.25) is 19.2 Å². The quantitative estimate of drug-likeness (QED) is 0.266. The summed E-state index contributed by atoms with van der Waals surface area (Å²) in [7, 11) is 0. The molecule has 0 aliphatic heterocycles. The number of hydrogen-bond donors (Lipinski definition) is 2. The van der Waals surface area contributed by atoms with E-state index in [1.54, 1.807) is 84.9 Å². The van der Waals surface area contributed by atoms with Crippen LogP contribution in [0.1, 0.15) is 58.1 Å². The molecule has 0 heterocycles. The Morgan fingerprint density at radius 2 is 1.39 bits per heavy atom. The Hall–Kier alpha value is -5.10. The van der Waals surface area contributed by atoms with Crippen LogP contribution in [0.4, 0.5) is 5.69 Å². The standard InChI is InChI=1S/C30H19NO5/c32-21-6-3-5-20(17-21)31-30(36)19-14-11-18(12-15-19)13-16-26(33)24-9-4-10-25-27(24)29(35)23-8-2-1-7-22(23)28(25)34/h1-17,32H,(H,31,36)/b16-13+. The first kappa shape index (κ1) is 22.7. The molecule has 2 N–H and O–H groups in total. The number of rotatable bonds is 5. The van der Waals surface area contributed by atoms with Crippen molar-refractivity contribution >= 4 is 35.0 Å². The summed E-state index contributed by atoms with van der Waals surface area (Å²) in [6.07, 6.45) is 2.93. The Morgan fingerprint density at radius 3 is 2.11 bits per heavy atom. The van der Waals surface area contributed by atoms with E-state index in [4.69, 9.17) is 0 Å². The lowest BCUT2D eigenvalue weighted by molar-refractivity contribution is 0.0972. The number of hydrogen-bond acceptors (Lipinski definition) is 5. The van der Waals surface area contributed by atoms with E-state index in [0.29, 0.717) is 27.9 Å². The number of benzene rings is 4. The van der Waals surface area contributed by atoms with Gasteiger partial charge in [-0.05, 0) is 35.9 Å². The lowest BCUT2D eigenvalue weighted by atomic mass is 9.81. The number of nitrogens with one attached hydrogen (secondary N) is 1. The predicted octanol–water partition coefficient (Wildman–Crippen LogP) is 5.32. The monoisotopic (exact) mass is 473 g/mol. The first-order valence-corrected chi connectivity index (χ1v) is 11.2. The van der Waals surface area contributed by atoms with Crippen LogP contribution in [0.25, 0.3) is 6.08 Å². The summed E-state index contributed by atoms with van der Waals surface area (Å²) in [5.41, 5.74) is 2.68. The van der Waals surface area contributed by atoms with Crippen molar-refractivity contribution in [1.82, 2.24) is 0 Å². The first-order valence-electron chi connectivity index (χ1n) is 11.2. The van der Waals surface area contributed by atoms with Gasteiger partial charge in [-0.1, -0.05) is 66.7 Å². The van der Waals surface area contributed by atoms with Crippen LogP contribution in [0.2, 0.25) is 0 Å². The van der Waals surface area contributed by atoms with E-state index in [9.17, 15) is 24.3 Å². The fraction of sp³-hybridized carbons (Fsp3) is 0. The van der Waals surface area contributed by atoms with E-state index in [1.807, 2.05) is 0 Å². The molecule has 1 aliphatic rings. The lowest BCUT2D eigenvalue weighted by Gasteiger charge is -2.19. The van der Waals surface area contributed by atoms with Gasteiger partial charge in [-0.25, -0.2) is 0 Å². The van der Waals surface area contributed by atoms with Gasteiger partial charge < -0.3 is 10.4 Å². The van der Waals surface area contributed by atoms with Gasteiger partial charge in [-0.15, -0.1) is 0 Å². The summed E-state index contributed by atoms with van der Waals surface area (Å²) in [4.78, 5) is 51.5. The highest BCUT2D eigenvalue weighted by atomic mass is 16.3. The molecule has 4 aromatic rings. The molecule has 0 saturated carbocycles. The average Bonchev–Trinajstić information content (AvgIpc) is 2.90. The van der Waals surface area contributed by atoms with Crippen LogP contribution in [-0.2, 0) is 0 Å². The molecule has 0 radical (unpaired) electrons. The number of ketones is 3. The maximum Gasteiger partial charge on any atom is 0.255 e. The second kappa shape index (κ2) is 9.27. The van der Waals surface area contributed by atoms with Crippen LogP contribution in [0, 0.1) is 0 Å². The van der Waals surface area contributed by atoms with Gasteiger partial charge in [0.15, 0.2) is 17.3 Å². The van der Waals surface area contributed by atoms with Crippen molar-refractivity contribution in [3.05, 3.63) is 136 Å². The van der Waals surface area contributed by atoms with Crippen LogP contribution in [0.15, 0.2) is 97.1 Å². The smallest absolute Gasteiger partial charge is 0.255 e. The Morgan fingerprint density at radius 1 is 0.722 bits per heavy atom. The van der Waals surface area contributed by atoms with E-state index < -0.39 is 5.78 Å². The molecule has 4 aromatic carbocycles. The number of anilines is 1. The molecule has 0 spiro atoms. The van der Waals surface area contributed by atoms with Gasteiger partial charge in [-0.2, -0.15) is 0 Å². The lowest BCUT2D eigenvalue weighted by Crippen LogP contribution is -2.23. The number of carbonyl (C=O) groups excluding carboxylic acids is 4. The van der Waals surface area contributed by atoms with Crippen molar-refractivity contribution < 1.29 is 24.3 Å². The molecule has 6 nitrogen and oxygen atoms in total. The number of phenolic OH excluding ortho intramolecular Hbond substituents is 1. The van der Waals surface area contributed by atoms with Crippen molar-refractivity contribution in [2.24, 2.45) is 0 Å². The molecular formula is C30H19NO5. The second-order valence-electron chi connectivity index (χ2n) is 8.26. The maximum atomic E-state index is 13.1.